The van der Waals surface area contributed by atoms with Crippen LogP contribution in [0.2, 0.25) is 0 Å². The van der Waals surface area contributed by atoms with Crippen LogP contribution in [-0.4, -0.2) is 15.7 Å². The number of amides is 1. The van der Waals surface area contributed by atoms with E-state index in [1.165, 1.54) is 0 Å². The Balaban J connectivity index is 1.62. The van der Waals surface area contributed by atoms with Gasteiger partial charge >= 0.3 is 0 Å². The summed E-state index contributed by atoms with van der Waals surface area (Å²) in [5.41, 5.74) is 6.30. The molecule has 0 aliphatic carbocycles. The number of hydrogen-bond donors (Lipinski definition) is 1. The van der Waals surface area contributed by atoms with Gasteiger partial charge in [-0.15, -0.1) is 0 Å². The van der Waals surface area contributed by atoms with Crippen molar-refractivity contribution in [3.63, 3.8) is 0 Å². The zero-order valence-electron chi connectivity index (χ0n) is 16.0. The molecule has 0 unspecified atom stereocenters. The van der Waals surface area contributed by atoms with Gasteiger partial charge in [-0.1, -0.05) is 48.5 Å². The minimum Gasteiger partial charge on any atom is -0.353 e. The summed E-state index contributed by atoms with van der Waals surface area (Å²) in [5, 5.41) is 7.70. The maximum absolute atomic E-state index is 13.7. The van der Waals surface area contributed by atoms with Crippen molar-refractivity contribution < 1.29 is 4.79 Å². The Morgan fingerprint density at radius 1 is 0.897 bits per heavy atom. The third-order valence-electron chi connectivity index (χ3n) is 5.18. The van der Waals surface area contributed by atoms with Crippen LogP contribution < -0.4 is 10.2 Å². The second kappa shape index (κ2) is 6.95. The lowest BCUT2D eigenvalue weighted by atomic mass is 10.0. The van der Waals surface area contributed by atoms with E-state index in [2.05, 4.69) is 10.4 Å². The molecular weight excluding hydrogens is 360 g/mol. The molecule has 1 aromatic heterocycles. The van der Waals surface area contributed by atoms with Crippen LogP contribution in [-0.2, 0) is 13.6 Å². The number of benzene rings is 3. The maximum atomic E-state index is 13.7. The van der Waals surface area contributed by atoms with Gasteiger partial charge in [-0.25, -0.2) is 0 Å². The summed E-state index contributed by atoms with van der Waals surface area (Å²) in [6.07, 6.45) is 3.76. The van der Waals surface area contributed by atoms with E-state index >= 15 is 0 Å². The molecule has 0 saturated carbocycles. The summed E-state index contributed by atoms with van der Waals surface area (Å²) in [5.74, 6) is -0.0213. The SMILES string of the molecule is Cn1cc(-c2ccc3c(c2)C(=O)N(Cc2ccccc2)c2ccccc2N3)cn1. The van der Waals surface area contributed by atoms with E-state index in [1.807, 2.05) is 97.1 Å². The molecule has 29 heavy (non-hydrogen) atoms. The third kappa shape index (κ3) is 3.17. The minimum atomic E-state index is -0.0213. The van der Waals surface area contributed by atoms with Gasteiger partial charge in [-0.3, -0.25) is 9.48 Å². The fourth-order valence-corrected chi connectivity index (χ4v) is 3.72. The smallest absolute Gasteiger partial charge is 0.260 e. The monoisotopic (exact) mass is 380 g/mol. The molecule has 1 amide bonds. The Morgan fingerprint density at radius 3 is 2.48 bits per heavy atom. The van der Waals surface area contributed by atoms with Gasteiger partial charge in [0.1, 0.15) is 0 Å². The van der Waals surface area contributed by atoms with Crippen molar-refractivity contribution in [2.75, 3.05) is 10.2 Å². The highest BCUT2D eigenvalue weighted by atomic mass is 16.2. The number of carbonyl (C=O) groups is 1. The molecule has 1 aliphatic rings. The predicted octanol–water partition coefficient (Wildman–Crippen LogP) is 4.99. The van der Waals surface area contributed by atoms with Gasteiger partial charge in [0, 0.05) is 18.8 Å². The number of aryl methyl sites for hydroxylation is 1. The Labute approximate surface area is 169 Å². The number of fused-ring (bicyclic) bond motifs is 2. The molecular formula is C24H20N4O. The third-order valence-corrected chi connectivity index (χ3v) is 5.18. The molecule has 2 heterocycles. The first-order valence-electron chi connectivity index (χ1n) is 9.54. The van der Waals surface area contributed by atoms with Gasteiger partial charge in [0.2, 0.25) is 0 Å². The lowest BCUT2D eigenvalue weighted by Crippen LogP contribution is -2.29. The van der Waals surface area contributed by atoms with Crippen LogP contribution in [0.1, 0.15) is 15.9 Å². The Morgan fingerprint density at radius 2 is 1.69 bits per heavy atom. The number of rotatable bonds is 3. The summed E-state index contributed by atoms with van der Waals surface area (Å²) in [6.45, 7) is 0.509. The molecule has 5 nitrogen and oxygen atoms in total. The average molecular weight is 380 g/mol. The van der Waals surface area contributed by atoms with Crippen molar-refractivity contribution in [1.82, 2.24) is 9.78 Å². The molecule has 0 fully saturated rings. The molecule has 5 rings (SSSR count). The van der Waals surface area contributed by atoms with E-state index in [4.69, 9.17) is 0 Å². The molecule has 0 atom stereocenters. The number of aromatic nitrogens is 2. The van der Waals surface area contributed by atoms with Gasteiger partial charge in [0.25, 0.3) is 5.91 Å². The summed E-state index contributed by atoms with van der Waals surface area (Å²) in [6, 6.07) is 23.9. The zero-order chi connectivity index (χ0) is 19.8. The van der Waals surface area contributed by atoms with E-state index in [0.29, 0.717) is 12.1 Å². The van der Waals surface area contributed by atoms with Gasteiger partial charge in [-0.05, 0) is 35.4 Å². The number of anilines is 3. The second-order valence-corrected chi connectivity index (χ2v) is 7.18. The first-order valence-corrected chi connectivity index (χ1v) is 9.54. The lowest BCUT2D eigenvalue weighted by Gasteiger charge is -2.23. The molecule has 0 saturated heterocycles. The number of carbonyl (C=O) groups excluding carboxylic acids is 1. The number of nitrogens with zero attached hydrogens (tertiary/aromatic N) is 3. The van der Waals surface area contributed by atoms with E-state index in [-0.39, 0.29) is 5.91 Å². The molecule has 0 bridgehead atoms. The zero-order valence-corrected chi connectivity index (χ0v) is 16.0. The highest BCUT2D eigenvalue weighted by molar-refractivity contribution is 6.14. The Kier molecular flexibility index (Phi) is 4.13. The van der Waals surface area contributed by atoms with Crippen LogP contribution in [0.5, 0.6) is 0 Å². The van der Waals surface area contributed by atoms with Gasteiger partial charge in [0.05, 0.1) is 35.4 Å². The first kappa shape index (κ1) is 17.3. The standard InChI is InChI=1S/C24H20N4O/c1-27-16-19(14-25-27)18-11-12-21-20(13-18)24(29)28(15-17-7-3-2-4-8-17)23-10-6-5-9-22(23)26-21/h2-14,16,26H,15H2,1H3. The Hall–Kier alpha value is -3.86. The van der Waals surface area contributed by atoms with E-state index in [0.717, 1.165) is 33.8 Å². The molecule has 4 aromatic rings. The number of para-hydroxylation sites is 2. The first-order chi connectivity index (χ1) is 14.2. The van der Waals surface area contributed by atoms with E-state index in [9.17, 15) is 4.79 Å². The van der Waals surface area contributed by atoms with Crippen molar-refractivity contribution in [3.8, 4) is 11.1 Å². The second-order valence-electron chi connectivity index (χ2n) is 7.18. The van der Waals surface area contributed by atoms with Crippen molar-refractivity contribution in [2.45, 2.75) is 6.54 Å². The van der Waals surface area contributed by atoms with Crippen molar-refractivity contribution >= 4 is 23.0 Å². The largest absolute Gasteiger partial charge is 0.353 e. The highest BCUT2D eigenvalue weighted by Gasteiger charge is 2.27. The summed E-state index contributed by atoms with van der Waals surface area (Å²) in [7, 11) is 1.89. The summed E-state index contributed by atoms with van der Waals surface area (Å²) >= 11 is 0. The quantitative estimate of drug-likeness (QED) is 0.545. The van der Waals surface area contributed by atoms with Crippen molar-refractivity contribution in [3.05, 3.63) is 96.3 Å². The van der Waals surface area contributed by atoms with E-state index < -0.39 is 0 Å². The van der Waals surface area contributed by atoms with Crippen LogP contribution in [0.25, 0.3) is 11.1 Å². The fourth-order valence-electron chi connectivity index (χ4n) is 3.72. The number of hydrogen-bond acceptors (Lipinski definition) is 3. The molecule has 0 spiro atoms. The average Bonchev–Trinajstić information content (AvgIpc) is 3.15. The lowest BCUT2D eigenvalue weighted by molar-refractivity contribution is 0.0986. The molecule has 3 aromatic carbocycles. The minimum absolute atomic E-state index is 0.0213. The molecule has 142 valence electrons. The Bertz CT molecular complexity index is 1200. The number of nitrogens with one attached hydrogen (secondary N) is 1. The highest BCUT2D eigenvalue weighted by Crippen LogP contribution is 2.37. The molecule has 0 radical (unpaired) electrons. The van der Waals surface area contributed by atoms with Crippen molar-refractivity contribution in [2.24, 2.45) is 7.05 Å². The summed E-state index contributed by atoms with van der Waals surface area (Å²) in [4.78, 5) is 15.5. The predicted molar refractivity (Wildman–Crippen MR) is 115 cm³/mol. The van der Waals surface area contributed by atoms with Gasteiger partial charge in [-0.2, -0.15) is 5.10 Å². The van der Waals surface area contributed by atoms with Crippen LogP contribution in [0.3, 0.4) is 0 Å². The maximum Gasteiger partial charge on any atom is 0.260 e. The summed E-state index contributed by atoms with van der Waals surface area (Å²) < 4.78 is 1.76. The van der Waals surface area contributed by atoms with Crippen LogP contribution in [0.15, 0.2) is 85.2 Å². The van der Waals surface area contributed by atoms with Crippen LogP contribution in [0, 0.1) is 0 Å². The molecule has 1 N–H and O–H groups in total. The van der Waals surface area contributed by atoms with Crippen LogP contribution in [0.4, 0.5) is 17.1 Å². The van der Waals surface area contributed by atoms with Gasteiger partial charge < -0.3 is 10.2 Å². The van der Waals surface area contributed by atoms with Crippen LogP contribution >= 0.6 is 0 Å². The fraction of sp³-hybridized carbons (Fsp3) is 0.0833. The normalized spacial score (nSPS) is 12.7. The molecule has 1 aliphatic heterocycles. The van der Waals surface area contributed by atoms with Crippen molar-refractivity contribution in [1.29, 1.82) is 0 Å². The van der Waals surface area contributed by atoms with E-state index in [1.54, 1.807) is 4.68 Å². The van der Waals surface area contributed by atoms with Gasteiger partial charge in [0.15, 0.2) is 0 Å². The topological polar surface area (TPSA) is 50.2 Å². The molecule has 5 heteroatoms.